The Morgan fingerprint density at radius 2 is 1.93 bits per heavy atom. The molecule has 1 aromatic rings. The summed E-state index contributed by atoms with van der Waals surface area (Å²) in [6.45, 7) is 0.657. The van der Waals surface area contributed by atoms with Crippen molar-refractivity contribution in [1.82, 2.24) is 4.90 Å². The van der Waals surface area contributed by atoms with Crippen molar-refractivity contribution in [3.63, 3.8) is 0 Å². The van der Waals surface area contributed by atoms with Crippen LogP contribution in [0.4, 0.5) is 0 Å². The number of rotatable bonds is 5. The van der Waals surface area contributed by atoms with Crippen LogP contribution in [0.15, 0.2) is 24.3 Å². The summed E-state index contributed by atoms with van der Waals surface area (Å²) >= 11 is 0. The van der Waals surface area contributed by atoms with Crippen molar-refractivity contribution in [1.29, 1.82) is 0 Å². The van der Waals surface area contributed by atoms with Crippen LogP contribution < -0.4 is 5.46 Å². The van der Waals surface area contributed by atoms with Crippen LogP contribution in [-0.2, 0) is 11.2 Å². The molecule has 0 atom stereocenters. The lowest BCUT2D eigenvalue weighted by atomic mass is 9.80. The number of hydrogen-bond donors (Lipinski definition) is 2. The normalized spacial score (nSPS) is 9.80. The molecule has 1 aromatic carbocycles. The van der Waals surface area contributed by atoms with Gasteiger partial charge in [-0.25, -0.2) is 0 Å². The number of likely N-dealkylation sites (N-methyl/N-ethyl adjacent to an activating group) is 1. The van der Waals surface area contributed by atoms with E-state index in [0.29, 0.717) is 12.0 Å². The van der Waals surface area contributed by atoms with Crippen molar-refractivity contribution < 1.29 is 14.8 Å². The minimum Gasteiger partial charge on any atom is -0.423 e. The Labute approximate surface area is 89.3 Å². The van der Waals surface area contributed by atoms with E-state index < -0.39 is 7.12 Å². The average Bonchev–Trinajstić information content (AvgIpc) is 2.26. The van der Waals surface area contributed by atoms with Crippen molar-refractivity contribution in [2.24, 2.45) is 0 Å². The Hall–Kier alpha value is -1.33. The summed E-state index contributed by atoms with van der Waals surface area (Å²) in [5, 5.41) is 17.7. The standard InChI is InChI=1S/C10H14BNO3/c1-12(8-13)7-6-9-2-4-10(5-3-9)11(14)15/h2-5,8,14-15H,6-7H2,1H3. The minimum absolute atomic E-state index is 0.475. The molecule has 1 amide bonds. The van der Waals surface area contributed by atoms with Crippen LogP contribution in [0.1, 0.15) is 5.56 Å². The second kappa shape index (κ2) is 5.53. The summed E-state index contributed by atoms with van der Waals surface area (Å²) in [6.07, 6.45) is 1.54. The van der Waals surface area contributed by atoms with E-state index in [9.17, 15) is 4.79 Å². The molecule has 0 saturated carbocycles. The summed E-state index contributed by atoms with van der Waals surface area (Å²) in [4.78, 5) is 11.9. The number of carbonyl (C=O) groups is 1. The second-order valence-corrected chi connectivity index (χ2v) is 3.45. The number of hydrogen-bond acceptors (Lipinski definition) is 3. The highest BCUT2D eigenvalue weighted by atomic mass is 16.4. The molecule has 15 heavy (non-hydrogen) atoms. The van der Waals surface area contributed by atoms with Crippen molar-refractivity contribution in [3.05, 3.63) is 29.8 Å². The van der Waals surface area contributed by atoms with Gasteiger partial charge in [0, 0.05) is 13.6 Å². The first kappa shape index (κ1) is 11.7. The van der Waals surface area contributed by atoms with Gasteiger partial charge in [-0.2, -0.15) is 0 Å². The van der Waals surface area contributed by atoms with Crippen LogP contribution in [0, 0.1) is 0 Å². The van der Waals surface area contributed by atoms with Crippen LogP contribution in [0.3, 0.4) is 0 Å². The zero-order chi connectivity index (χ0) is 11.3. The van der Waals surface area contributed by atoms with Gasteiger partial charge in [0.15, 0.2) is 0 Å². The maximum absolute atomic E-state index is 10.3. The summed E-state index contributed by atoms with van der Waals surface area (Å²) in [5.74, 6) is 0. The topological polar surface area (TPSA) is 60.8 Å². The smallest absolute Gasteiger partial charge is 0.423 e. The van der Waals surface area contributed by atoms with E-state index in [1.54, 1.807) is 24.1 Å². The third-order valence-corrected chi connectivity index (χ3v) is 2.21. The highest BCUT2D eigenvalue weighted by Gasteiger charge is 2.09. The predicted molar refractivity (Wildman–Crippen MR) is 58.7 cm³/mol. The number of benzene rings is 1. The van der Waals surface area contributed by atoms with Gasteiger partial charge in [0.1, 0.15) is 0 Å². The zero-order valence-electron chi connectivity index (χ0n) is 8.63. The first-order chi connectivity index (χ1) is 7.13. The largest absolute Gasteiger partial charge is 0.488 e. The molecule has 0 heterocycles. The third kappa shape index (κ3) is 3.73. The Morgan fingerprint density at radius 1 is 1.33 bits per heavy atom. The van der Waals surface area contributed by atoms with Gasteiger partial charge >= 0.3 is 7.12 Å². The highest BCUT2D eigenvalue weighted by molar-refractivity contribution is 6.58. The van der Waals surface area contributed by atoms with Crippen molar-refractivity contribution in [2.75, 3.05) is 13.6 Å². The lowest BCUT2D eigenvalue weighted by Crippen LogP contribution is -2.29. The Bertz CT molecular complexity index is 313. The summed E-state index contributed by atoms with van der Waals surface area (Å²) < 4.78 is 0. The van der Waals surface area contributed by atoms with Crippen LogP contribution in [0.2, 0.25) is 0 Å². The van der Waals surface area contributed by atoms with Crippen molar-refractivity contribution in [2.45, 2.75) is 6.42 Å². The maximum Gasteiger partial charge on any atom is 0.488 e. The minimum atomic E-state index is -1.42. The highest BCUT2D eigenvalue weighted by Crippen LogP contribution is 1.99. The fraction of sp³-hybridized carbons (Fsp3) is 0.300. The first-order valence-corrected chi connectivity index (χ1v) is 4.74. The van der Waals surface area contributed by atoms with Crippen LogP contribution >= 0.6 is 0 Å². The summed E-state index contributed by atoms with van der Waals surface area (Å²) in [7, 11) is 0.301. The molecule has 5 heteroatoms. The molecule has 0 unspecified atom stereocenters. The SMILES string of the molecule is CN(C=O)CCc1ccc(B(O)O)cc1. The monoisotopic (exact) mass is 207 g/mol. The molecule has 0 aliphatic carbocycles. The van der Waals surface area contributed by atoms with Gasteiger partial charge in [0.05, 0.1) is 0 Å². The average molecular weight is 207 g/mol. The molecule has 0 bridgehead atoms. The molecule has 0 spiro atoms. The van der Waals surface area contributed by atoms with Crippen molar-refractivity contribution >= 4 is 19.0 Å². The third-order valence-electron chi connectivity index (χ3n) is 2.21. The molecule has 2 N–H and O–H groups in total. The molecule has 0 aliphatic heterocycles. The van der Waals surface area contributed by atoms with Gasteiger partial charge in [-0.3, -0.25) is 4.79 Å². The number of nitrogens with zero attached hydrogens (tertiary/aromatic N) is 1. The lowest BCUT2D eigenvalue weighted by Gasteiger charge is -2.10. The molecule has 0 aliphatic rings. The van der Waals surface area contributed by atoms with E-state index in [1.165, 1.54) is 0 Å². The molecule has 80 valence electrons. The Kier molecular flexibility index (Phi) is 4.33. The molecular weight excluding hydrogens is 193 g/mol. The fourth-order valence-corrected chi connectivity index (χ4v) is 1.21. The zero-order valence-corrected chi connectivity index (χ0v) is 8.63. The quantitative estimate of drug-likeness (QED) is 0.480. The van der Waals surface area contributed by atoms with Gasteiger partial charge in [-0.1, -0.05) is 24.3 Å². The van der Waals surface area contributed by atoms with E-state index in [4.69, 9.17) is 10.0 Å². The van der Waals surface area contributed by atoms with E-state index in [-0.39, 0.29) is 0 Å². The van der Waals surface area contributed by atoms with Gasteiger partial charge in [0.2, 0.25) is 6.41 Å². The second-order valence-electron chi connectivity index (χ2n) is 3.45. The van der Waals surface area contributed by atoms with Crippen LogP contribution in [0.25, 0.3) is 0 Å². The predicted octanol–water partition coefficient (Wildman–Crippen LogP) is -1.00. The molecule has 0 saturated heterocycles. The van der Waals surface area contributed by atoms with Gasteiger partial charge in [0.25, 0.3) is 0 Å². The summed E-state index contributed by atoms with van der Waals surface area (Å²) in [6, 6.07) is 6.99. The number of amides is 1. The van der Waals surface area contributed by atoms with E-state index in [2.05, 4.69) is 0 Å². The van der Waals surface area contributed by atoms with Crippen LogP contribution in [0.5, 0.6) is 0 Å². The van der Waals surface area contributed by atoms with Crippen molar-refractivity contribution in [3.8, 4) is 0 Å². The molecule has 0 aromatic heterocycles. The molecule has 0 radical (unpaired) electrons. The van der Waals surface area contributed by atoms with E-state index in [0.717, 1.165) is 18.4 Å². The van der Waals surface area contributed by atoms with Gasteiger partial charge < -0.3 is 14.9 Å². The van der Waals surface area contributed by atoms with Gasteiger partial charge in [-0.05, 0) is 17.4 Å². The van der Waals surface area contributed by atoms with Gasteiger partial charge in [-0.15, -0.1) is 0 Å². The molecular formula is C10H14BNO3. The fourth-order valence-electron chi connectivity index (χ4n) is 1.21. The molecule has 0 fully saturated rings. The Balaban J connectivity index is 2.53. The lowest BCUT2D eigenvalue weighted by molar-refractivity contribution is -0.116. The number of carbonyl (C=O) groups excluding carboxylic acids is 1. The molecule has 1 rings (SSSR count). The van der Waals surface area contributed by atoms with E-state index >= 15 is 0 Å². The molecule has 4 nitrogen and oxygen atoms in total. The van der Waals surface area contributed by atoms with E-state index in [1.807, 2.05) is 12.1 Å². The van der Waals surface area contributed by atoms with Crippen LogP contribution in [-0.4, -0.2) is 42.1 Å². The summed E-state index contributed by atoms with van der Waals surface area (Å²) in [5.41, 5.74) is 1.54. The maximum atomic E-state index is 10.3. The first-order valence-electron chi connectivity index (χ1n) is 4.74. The Morgan fingerprint density at radius 3 is 2.40 bits per heavy atom.